The Balaban J connectivity index is 1.48. The molecule has 1 fully saturated rings. The monoisotopic (exact) mass is 358 g/mol. The Kier molecular flexibility index (Phi) is 4.60. The van der Waals surface area contributed by atoms with Gasteiger partial charge in [0.25, 0.3) is 0 Å². The van der Waals surface area contributed by atoms with E-state index in [2.05, 4.69) is 4.90 Å². The lowest BCUT2D eigenvalue weighted by Gasteiger charge is -2.26. The number of hydrogen-bond acceptors (Lipinski definition) is 4. The van der Waals surface area contributed by atoms with E-state index < -0.39 is 10.0 Å². The van der Waals surface area contributed by atoms with Crippen molar-refractivity contribution in [3.8, 4) is 0 Å². The van der Waals surface area contributed by atoms with Gasteiger partial charge in [0.15, 0.2) is 0 Å². The Morgan fingerprint density at radius 1 is 0.880 bits per heavy atom. The molecule has 6 heteroatoms. The van der Waals surface area contributed by atoms with Crippen molar-refractivity contribution in [1.29, 1.82) is 0 Å². The van der Waals surface area contributed by atoms with Crippen LogP contribution in [0.5, 0.6) is 0 Å². The SMILES string of the molecule is O=S(=O)(c1ccc(CN2CCOCC2)cc1)N1Cc2ccccc2C1. The third-order valence-electron chi connectivity index (χ3n) is 4.88. The Morgan fingerprint density at radius 3 is 2.08 bits per heavy atom. The van der Waals surface area contributed by atoms with Crippen LogP contribution in [-0.4, -0.2) is 43.9 Å². The maximum atomic E-state index is 12.9. The van der Waals surface area contributed by atoms with Crippen LogP contribution in [-0.2, 0) is 34.4 Å². The lowest BCUT2D eigenvalue weighted by Crippen LogP contribution is -2.35. The van der Waals surface area contributed by atoms with Gasteiger partial charge in [0.05, 0.1) is 18.1 Å². The molecule has 1 saturated heterocycles. The lowest BCUT2D eigenvalue weighted by atomic mass is 10.1. The van der Waals surface area contributed by atoms with E-state index >= 15 is 0 Å². The van der Waals surface area contributed by atoms with Crippen molar-refractivity contribution < 1.29 is 13.2 Å². The number of hydrogen-bond donors (Lipinski definition) is 0. The van der Waals surface area contributed by atoms with E-state index in [1.165, 1.54) is 0 Å². The van der Waals surface area contributed by atoms with Crippen molar-refractivity contribution in [3.63, 3.8) is 0 Å². The fourth-order valence-corrected chi connectivity index (χ4v) is 4.80. The molecule has 0 radical (unpaired) electrons. The second-order valence-electron chi connectivity index (χ2n) is 6.57. The van der Waals surface area contributed by atoms with Crippen molar-refractivity contribution in [2.75, 3.05) is 26.3 Å². The summed E-state index contributed by atoms with van der Waals surface area (Å²) in [4.78, 5) is 2.69. The number of rotatable bonds is 4. The van der Waals surface area contributed by atoms with Crippen LogP contribution < -0.4 is 0 Å². The quantitative estimate of drug-likeness (QED) is 0.841. The van der Waals surface area contributed by atoms with Crippen LogP contribution in [0.15, 0.2) is 53.4 Å². The summed E-state index contributed by atoms with van der Waals surface area (Å²) in [7, 11) is -3.46. The molecule has 2 aliphatic heterocycles. The highest BCUT2D eigenvalue weighted by Crippen LogP contribution is 2.28. The summed E-state index contributed by atoms with van der Waals surface area (Å²) in [5.74, 6) is 0. The first-order valence-corrected chi connectivity index (χ1v) is 10.0. The van der Waals surface area contributed by atoms with E-state index in [1.807, 2.05) is 36.4 Å². The Labute approximate surface area is 148 Å². The van der Waals surface area contributed by atoms with Gasteiger partial charge in [-0.2, -0.15) is 4.31 Å². The van der Waals surface area contributed by atoms with E-state index in [0.29, 0.717) is 18.0 Å². The molecular weight excluding hydrogens is 336 g/mol. The topological polar surface area (TPSA) is 49.9 Å². The minimum absolute atomic E-state index is 0.367. The molecule has 4 rings (SSSR count). The molecule has 0 aromatic heterocycles. The van der Waals surface area contributed by atoms with E-state index in [9.17, 15) is 8.42 Å². The molecule has 2 aliphatic rings. The summed E-state index contributed by atoms with van der Waals surface area (Å²) in [6.07, 6.45) is 0. The average Bonchev–Trinajstić information content (AvgIpc) is 3.08. The molecule has 0 atom stereocenters. The van der Waals surface area contributed by atoms with Gasteiger partial charge < -0.3 is 4.74 Å². The van der Waals surface area contributed by atoms with Gasteiger partial charge in [-0.1, -0.05) is 36.4 Å². The molecule has 25 heavy (non-hydrogen) atoms. The summed E-state index contributed by atoms with van der Waals surface area (Å²) in [6.45, 7) is 5.11. The number of nitrogens with zero attached hydrogens (tertiary/aromatic N) is 2. The predicted molar refractivity (Wildman–Crippen MR) is 95.4 cm³/mol. The average molecular weight is 358 g/mol. The molecule has 132 valence electrons. The smallest absolute Gasteiger partial charge is 0.243 e. The molecule has 2 aromatic carbocycles. The van der Waals surface area contributed by atoms with Crippen molar-refractivity contribution in [2.24, 2.45) is 0 Å². The van der Waals surface area contributed by atoms with E-state index in [4.69, 9.17) is 4.74 Å². The Hall–Kier alpha value is -1.73. The molecule has 0 unspecified atom stereocenters. The maximum Gasteiger partial charge on any atom is 0.243 e. The Morgan fingerprint density at radius 2 is 1.48 bits per heavy atom. The molecule has 0 amide bonds. The van der Waals surface area contributed by atoms with Crippen LogP contribution in [0.3, 0.4) is 0 Å². The summed E-state index contributed by atoms with van der Waals surface area (Å²) >= 11 is 0. The van der Waals surface area contributed by atoms with Crippen molar-refractivity contribution >= 4 is 10.0 Å². The molecule has 5 nitrogen and oxygen atoms in total. The number of morpholine rings is 1. The first-order valence-electron chi connectivity index (χ1n) is 8.59. The number of sulfonamides is 1. The minimum Gasteiger partial charge on any atom is -0.379 e. The van der Waals surface area contributed by atoms with Gasteiger partial charge in [0.1, 0.15) is 0 Å². The summed E-state index contributed by atoms with van der Waals surface area (Å²) in [5, 5.41) is 0. The highest BCUT2D eigenvalue weighted by atomic mass is 32.2. The summed E-state index contributed by atoms with van der Waals surface area (Å²) in [5.41, 5.74) is 3.32. The van der Waals surface area contributed by atoms with Gasteiger partial charge in [-0.05, 0) is 28.8 Å². The van der Waals surface area contributed by atoms with Gasteiger partial charge in [0, 0.05) is 32.7 Å². The zero-order valence-electron chi connectivity index (χ0n) is 14.1. The second-order valence-corrected chi connectivity index (χ2v) is 8.51. The molecule has 0 spiro atoms. The zero-order chi connectivity index (χ0) is 17.3. The lowest BCUT2D eigenvalue weighted by molar-refractivity contribution is 0.0342. The first kappa shape index (κ1) is 16.7. The largest absolute Gasteiger partial charge is 0.379 e. The van der Waals surface area contributed by atoms with Gasteiger partial charge in [-0.3, -0.25) is 4.90 Å². The molecule has 0 N–H and O–H groups in total. The van der Waals surface area contributed by atoms with Crippen LogP contribution in [0, 0.1) is 0 Å². The van der Waals surface area contributed by atoms with Crippen molar-refractivity contribution in [2.45, 2.75) is 24.5 Å². The summed E-state index contributed by atoms with van der Waals surface area (Å²) < 4.78 is 32.7. The second kappa shape index (κ2) is 6.88. The van der Waals surface area contributed by atoms with E-state index in [-0.39, 0.29) is 0 Å². The van der Waals surface area contributed by atoms with Crippen LogP contribution in [0.4, 0.5) is 0 Å². The number of ether oxygens (including phenoxy) is 1. The standard InChI is InChI=1S/C19H22N2O3S/c22-25(23,21-14-17-3-1-2-4-18(17)15-21)19-7-5-16(6-8-19)13-20-9-11-24-12-10-20/h1-8H,9-15H2. The molecule has 0 saturated carbocycles. The Bertz CT molecular complexity index is 818. The number of fused-ring (bicyclic) bond motifs is 1. The van der Waals surface area contributed by atoms with Gasteiger partial charge in [-0.25, -0.2) is 8.42 Å². The molecule has 2 aromatic rings. The van der Waals surface area contributed by atoms with Crippen molar-refractivity contribution in [1.82, 2.24) is 9.21 Å². The minimum atomic E-state index is -3.46. The fraction of sp³-hybridized carbons (Fsp3) is 0.368. The van der Waals surface area contributed by atoms with Crippen LogP contribution in [0.1, 0.15) is 16.7 Å². The van der Waals surface area contributed by atoms with E-state index in [0.717, 1.165) is 49.5 Å². The van der Waals surface area contributed by atoms with Crippen molar-refractivity contribution in [3.05, 3.63) is 65.2 Å². The van der Waals surface area contributed by atoms with Crippen LogP contribution in [0.25, 0.3) is 0 Å². The molecular formula is C19H22N2O3S. The van der Waals surface area contributed by atoms with Crippen LogP contribution >= 0.6 is 0 Å². The zero-order valence-corrected chi connectivity index (χ0v) is 14.9. The predicted octanol–water partition coefficient (Wildman–Crippen LogP) is 2.22. The van der Waals surface area contributed by atoms with Crippen LogP contribution in [0.2, 0.25) is 0 Å². The molecule has 0 bridgehead atoms. The fourth-order valence-electron chi connectivity index (χ4n) is 3.41. The normalized spacial score (nSPS) is 19.0. The van der Waals surface area contributed by atoms with Gasteiger partial charge >= 0.3 is 0 Å². The van der Waals surface area contributed by atoms with Gasteiger partial charge in [0.2, 0.25) is 10.0 Å². The molecule has 0 aliphatic carbocycles. The van der Waals surface area contributed by atoms with E-state index in [1.54, 1.807) is 16.4 Å². The molecule has 2 heterocycles. The third kappa shape index (κ3) is 3.48. The summed E-state index contributed by atoms with van der Waals surface area (Å²) in [6, 6.07) is 15.2. The number of benzene rings is 2. The highest BCUT2D eigenvalue weighted by Gasteiger charge is 2.30. The van der Waals surface area contributed by atoms with Gasteiger partial charge in [-0.15, -0.1) is 0 Å². The third-order valence-corrected chi connectivity index (χ3v) is 6.69. The maximum absolute atomic E-state index is 12.9. The first-order chi connectivity index (χ1) is 12.1. The highest BCUT2D eigenvalue weighted by molar-refractivity contribution is 7.89.